The number of rotatable bonds is 4. The summed E-state index contributed by atoms with van der Waals surface area (Å²) in [4.78, 5) is 4.37. The van der Waals surface area contributed by atoms with Crippen molar-refractivity contribution in [2.24, 2.45) is 0 Å². The standard InChI is InChI=1S/C19H17NO/c1-15(7-8-16-9-10-21-14-16)18-11-19(13-20-12-18)17-5-3-2-4-6-17/h2-15H,1H3/b8-7+. The van der Waals surface area contributed by atoms with E-state index in [4.69, 9.17) is 4.42 Å². The van der Waals surface area contributed by atoms with Gasteiger partial charge < -0.3 is 4.42 Å². The third-order valence-corrected chi connectivity index (χ3v) is 3.51. The molecule has 0 fully saturated rings. The summed E-state index contributed by atoms with van der Waals surface area (Å²) >= 11 is 0. The van der Waals surface area contributed by atoms with Crippen molar-refractivity contribution >= 4 is 6.08 Å². The second-order valence-corrected chi connectivity index (χ2v) is 5.08. The Morgan fingerprint density at radius 3 is 2.67 bits per heavy atom. The first-order valence-electron chi connectivity index (χ1n) is 7.04. The molecule has 2 aromatic heterocycles. The molecule has 21 heavy (non-hydrogen) atoms. The van der Waals surface area contributed by atoms with Gasteiger partial charge in [-0.25, -0.2) is 0 Å². The zero-order valence-corrected chi connectivity index (χ0v) is 11.9. The van der Waals surface area contributed by atoms with Gasteiger partial charge in [-0.1, -0.05) is 49.4 Å². The lowest BCUT2D eigenvalue weighted by Gasteiger charge is -2.08. The largest absolute Gasteiger partial charge is 0.472 e. The minimum Gasteiger partial charge on any atom is -0.472 e. The van der Waals surface area contributed by atoms with Crippen LogP contribution < -0.4 is 0 Å². The average Bonchev–Trinajstić information content (AvgIpc) is 3.07. The molecule has 1 unspecified atom stereocenters. The van der Waals surface area contributed by atoms with Gasteiger partial charge in [-0.15, -0.1) is 0 Å². The molecule has 0 N–H and O–H groups in total. The van der Waals surface area contributed by atoms with E-state index in [2.05, 4.69) is 42.3 Å². The summed E-state index contributed by atoms with van der Waals surface area (Å²) in [5.41, 5.74) is 4.62. The Bertz CT molecular complexity index is 714. The molecule has 0 aliphatic rings. The number of aromatic nitrogens is 1. The van der Waals surface area contributed by atoms with Crippen molar-refractivity contribution in [3.8, 4) is 11.1 Å². The first-order chi connectivity index (χ1) is 10.3. The van der Waals surface area contributed by atoms with Gasteiger partial charge in [0.05, 0.1) is 12.5 Å². The summed E-state index contributed by atoms with van der Waals surface area (Å²) in [6, 6.07) is 14.5. The van der Waals surface area contributed by atoms with E-state index >= 15 is 0 Å². The Hall–Kier alpha value is -2.61. The van der Waals surface area contributed by atoms with Crippen LogP contribution in [0.5, 0.6) is 0 Å². The van der Waals surface area contributed by atoms with Crippen LogP contribution in [0, 0.1) is 0 Å². The number of benzene rings is 1. The molecule has 3 aromatic rings. The number of furan rings is 1. The summed E-state index contributed by atoms with van der Waals surface area (Å²) in [5, 5.41) is 0. The highest BCUT2D eigenvalue weighted by Crippen LogP contribution is 2.24. The normalized spacial score (nSPS) is 12.6. The van der Waals surface area contributed by atoms with Crippen LogP contribution in [0.25, 0.3) is 17.2 Å². The zero-order chi connectivity index (χ0) is 14.5. The zero-order valence-electron chi connectivity index (χ0n) is 11.9. The molecule has 0 spiro atoms. The highest BCUT2D eigenvalue weighted by Gasteiger charge is 2.05. The first kappa shape index (κ1) is 13.4. The summed E-state index contributed by atoms with van der Waals surface area (Å²) in [5.74, 6) is 0.302. The second-order valence-electron chi connectivity index (χ2n) is 5.08. The average molecular weight is 275 g/mol. The molecule has 0 saturated carbocycles. The Morgan fingerprint density at radius 2 is 1.90 bits per heavy atom. The number of nitrogens with zero attached hydrogens (tertiary/aromatic N) is 1. The van der Waals surface area contributed by atoms with Crippen molar-refractivity contribution in [2.75, 3.05) is 0 Å². The molecule has 0 aliphatic carbocycles. The summed E-state index contributed by atoms with van der Waals surface area (Å²) < 4.78 is 5.07. The number of allylic oxidation sites excluding steroid dienone is 1. The molecule has 0 radical (unpaired) electrons. The minimum absolute atomic E-state index is 0.302. The van der Waals surface area contributed by atoms with E-state index in [0.29, 0.717) is 5.92 Å². The fourth-order valence-electron chi connectivity index (χ4n) is 2.23. The van der Waals surface area contributed by atoms with Gasteiger partial charge in [-0.2, -0.15) is 0 Å². The molecule has 1 aromatic carbocycles. The van der Waals surface area contributed by atoms with E-state index in [-0.39, 0.29) is 0 Å². The maximum absolute atomic E-state index is 5.07. The number of hydrogen-bond acceptors (Lipinski definition) is 2. The van der Waals surface area contributed by atoms with Crippen molar-refractivity contribution in [2.45, 2.75) is 12.8 Å². The van der Waals surface area contributed by atoms with E-state index in [9.17, 15) is 0 Å². The molecular formula is C19H17NO. The second kappa shape index (κ2) is 6.23. The molecule has 2 nitrogen and oxygen atoms in total. The highest BCUT2D eigenvalue weighted by molar-refractivity contribution is 5.63. The van der Waals surface area contributed by atoms with Crippen molar-refractivity contribution in [3.05, 3.63) is 84.6 Å². The molecule has 2 heterocycles. The Morgan fingerprint density at radius 1 is 1.05 bits per heavy atom. The van der Waals surface area contributed by atoms with Gasteiger partial charge in [0.2, 0.25) is 0 Å². The summed E-state index contributed by atoms with van der Waals surface area (Å²) in [6.45, 7) is 2.17. The fraction of sp³-hybridized carbons (Fsp3) is 0.105. The minimum atomic E-state index is 0.302. The molecule has 0 aliphatic heterocycles. The van der Waals surface area contributed by atoms with Gasteiger partial charge in [0, 0.05) is 29.4 Å². The molecule has 0 saturated heterocycles. The van der Waals surface area contributed by atoms with Gasteiger partial charge >= 0.3 is 0 Å². The molecule has 0 amide bonds. The van der Waals surface area contributed by atoms with E-state index in [1.165, 1.54) is 11.1 Å². The lowest BCUT2D eigenvalue weighted by atomic mass is 9.98. The predicted molar refractivity (Wildman–Crippen MR) is 85.8 cm³/mol. The third-order valence-electron chi connectivity index (χ3n) is 3.51. The van der Waals surface area contributed by atoms with Crippen molar-refractivity contribution in [1.82, 2.24) is 4.98 Å². The Labute approximate surface area is 124 Å². The number of hydrogen-bond donors (Lipinski definition) is 0. The third kappa shape index (κ3) is 3.29. The van der Waals surface area contributed by atoms with Crippen LogP contribution in [0.1, 0.15) is 24.0 Å². The molecule has 104 valence electrons. The van der Waals surface area contributed by atoms with Gasteiger partial charge in [0.15, 0.2) is 0 Å². The maximum Gasteiger partial charge on any atom is 0.0974 e. The van der Waals surface area contributed by atoms with E-state index < -0.39 is 0 Å². The van der Waals surface area contributed by atoms with Crippen molar-refractivity contribution < 1.29 is 4.42 Å². The fourth-order valence-corrected chi connectivity index (χ4v) is 2.23. The quantitative estimate of drug-likeness (QED) is 0.657. The van der Waals surface area contributed by atoms with Gasteiger partial charge in [0.25, 0.3) is 0 Å². The van der Waals surface area contributed by atoms with Crippen LogP contribution in [-0.2, 0) is 0 Å². The molecule has 3 rings (SSSR count). The maximum atomic E-state index is 5.07. The monoisotopic (exact) mass is 275 g/mol. The van der Waals surface area contributed by atoms with Crippen LogP contribution in [0.4, 0.5) is 0 Å². The van der Waals surface area contributed by atoms with Crippen molar-refractivity contribution in [1.29, 1.82) is 0 Å². The Kier molecular flexibility index (Phi) is 3.97. The molecule has 2 heteroatoms. The van der Waals surface area contributed by atoms with Gasteiger partial charge in [0.1, 0.15) is 0 Å². The van der Waals surface area contributed by atoms with Crippen LogP contribution >= 0.6 is 0 Å². The summed E-state index contributed by atoms with van der Waals surface area (Å²) in [7, 11) is 0. The summed E-state index contributed by atoms with van der Waals surface area (Å²) in [6.07, 6.45) is 11.5. The van der Waals surface area contributed by atoms with Crippen LogP contribution in [0.2, 0.25) is 0 Å². The lowest BCUT2D eigenvalue weighted by molar-refractivity contribution is 0.567. The van der Waals surface area contributed by atoms with E-state index in [1.54, 1.807) is 12.5 Å². The molecule has 1 atom stereocenters. The number of pyridine rings is 1. The highest BCUT2D eigenvalue weighted by atomic mass is 16.3. The van der Waals surface area contributed by atoms with E-state index in [0.717, 1.165) is 11.1 Å². The topological polar surface area (TPSA) is 26.0 Å². The van der Waals surface area contributed by atoms with E-state index in [1.807, 2.05) is 36.7 Å². The van der Waals surface area contributed by atoms with Crippen molar-refractivity contribution in [3.63, 3.8) is 0 Å². The van der Waals surface area contributed by atoms with Crippen LogP contribution in [0.15, 0.2) is 77.9 Å². The molecule has 0 bridgehead atoms. The SMILES string of the molecule is CC(/C=C/c1ccoc1)c1cncc(-c2ccccc2)c1. The predicted octanol–water partition coefficient (Wildman–Crippen LogP) is 5.16. The van der Waals surface area contributed by atoms with Crippen LogP contribution in [0.3, 0.4) is 0 Å². The Balaban J connectivity index is 1.83. The van der Waals surface area contributed by atoms with Gasteiger partial charge in [-0.3, -0.25) is 4.98 Å². The lowest BCUT2D eigenvalue weighted by Crippen LogP contribution is -1.91. The first-order valence-corrected chi connectivity index (χ1v) is 7.04. The van der Waals surface area contributed by atoms with Gasteiger partial charge in [-0.05, 0) is 23.3 Å². The van der Waals surface area contributed by atoms with Crippen LogP contribution in [-0.4, -0.2) is 4.98 Å². The molecular weight excluding hydrogens is 258 g/mol. The smallest absolute Gasteiger partial charge is 0.0974 e.